The Morgan fingerprint density at radius 3 is 2.38 bits per heavy atom. The van der Waals surface area contributed by atoms with Crippen LogP contribution in [0.4, 0.5) is 4.79 Å². The van der Waals surface area contributed by atoms with Crippen molar-refractivity contribution in [3.63, 3.8) is 0 Å². The lowest BCUT2D eigenvalue weighted by Crippen LogP contribution is -2.46. The van der Waals surface area contributed by atoms with Gasteiger partial charge in [0.2, 0.25) is 5.91 Å². The minimum atomic E-state index is -0.662. The van der Waals surface area contributed by atoms with Gasteiger partial charge in [-0.05, 0) is 51.3 Å². The summed E-state index contributed by atoms with van der Waals surface area (Å²) in [6, 6.07) is 6.36. The lowest BCUT2D eigenvalue weighted by Gasteiger charge is -2.31. The van der Waals surface area contributed by atoms with E-state index >= 15 is 0 Å². The molecule has 6 nitrogen and oxygen atoms in total. The van der Waals surface area contributed by atoms with Crippen LogP contribution in [-0.2, 0) is 9.53 Å². The summed E-state index contributed by atoms with van der Waals surface area (Å²) < 4.78 is 10.7. The van der Waals surface area contributed by atoms with E-state index in [0.717, 1.165) is 5.56 Å². The topological polar surface area (TPSA) is 81.9 Å². The smallest absolute Gasteiger partial charge is 0.411 e. The summed E-state index contributed by atoms with van der Waals surface area (Å²) in [6.45, 7) is 5.45. The van der Waals surface area contributed by atoms with Gasteiger partial charge in [0.15, 0.2) is 0 Å². The summed E-state index contributed by atoms with van der Waals surface area (Å²) in [4.78, 5) is 25.8. The fourth-order valence-corrected chi connectivity index (χ4v) is 2.87. The number of nitrogens with zero attached hydrogens (tertiary/aromatic N) is 1. The number of benzene rings is 1. The van der Waals surface area contributed by atoms with Crippen LogP contribution in [0.3, 0.4) is 0 Å². The van der Waals surface area contributed by atoms with Crippen molar-refractivity contribution in [2.45, 2.75) is 51.3 Å². The van der Waals surface area contributed by atoms with E-state index in [1.54, 1.807) is 32.9 Å². The van der Waals surface area contributed by atoms with Gasteiger partial charge in [-0.15, -0.1) is 0 Å². The van der Waals surface area contributed by atoms with Crippen molar-refractivity contribution in [2.75, 3.05) is 6.51 Å². The molecule has 0 aliphatic carbocycles. The highest BCUT2D eigenvalue weighted by Gasteiger charge is 2.42. The van der Waals surface area contributed by atoms with E-state index in [2.05, 4.69) is 0 Å². The molecule has 2 atom stereocenters. The molecule has 0 bridgehead atoms. The largest absolute Gasteiger partial charge is 0.504 e. The Morgan fingerprint density at radius 2 is 1.88 bits per heavy atom. The monoisotopic (exact) mass is 330 g/mol. The maximum absolute atomic E-state index is 12.6. The first-order chi connectivity index (χ1) is 11.2. The summed E-state index contributed by atoms with van der Waals surface area (Å²) in [6.07, 6.45) is 0.626. The first-order valence-electron chi connectivity index (χ1n) is 7.96. The van der Waals surface area contributed by atoms with Crippen LogP contribution in [0, 0.1) is 0 Å². The van der Waals surface area contributed by atoms with Gasteiger partial charge >= 0.3 is 6.09 Å². The van der Waals surface area contributed by atoms with E-state index in [-0.39, 0.29) is 12.5 Å². The lowest BCUT2D eigenvalue weighted by molar-refractivity contribution is -0.122. The first-order valence-corrected chi connectivity index (χ1v) is 7.96. The van der Waals surface area contributed by atoms with Crippen molar-refractivity contribution in [1.29, 1.82) is 0 Å². The molecule has 0 unspecified atom stereocenters. The molecule has 128 valence electrons. The number of nitrogens with two attached hydrogens (primary N) is 1. The Morgan fingerprint density at radius 1 is 1.25 bits per heavy atom. The third-order valence-corrected chi connectivity index (χ3v) is 3.83. The van der Waals surface area contributed by atoms with E-state index in [9.17, 15) is 9.59 Å². The first kappa shape index (κ1) is 18.2. The maximum Gasteiger partial charge on any atom is 0.411 e. The SMILES string of the molecule is [B]COc1ccc([C@H]2CC[C@@H](C(N)=O)N2C(=O)OC(C)(C)C)cc1. The molecule has 0 aromatic heterocycles. The molecule has 2 N–H and O–H groups in total. The van der Waals surface area contributed by atoms with Gasteiger partial charge in [0.05, 0.1) is 6.04 Å². The van der Waals surface area contributed by atoms with Crippen LogP contribution in [0.15, 0.2) is 24.3 Å². The molecule has 0 spiro atoms. The molecular formula is C17H23BN2O4. The number of carbonyl (C=O) groups is 2. The number of amides is 2. The maximum atomic E-state index is 12.6. The van der Waals surface area contributed by atoms with Crippen molar-refractivity contribution >= 4 is 19.8 Å². The van der Waals surface area contributed by atoms with Gasteiger partial charge in [0.25, 0.3) is 0 Å². The number of likely N-dealkylation sites (tertiary alicyclic amines) is 1. The quantitative estimate of drug-likeness (QED) is 0.858. The van der Waals surface area contributed by atoms with Crippen molar-refractivity contribution < 1.29 is 19.1 Å². The molecule has 1 aliphatic heterocycles. The van der Waals surface area contributed by atoms with E-state index in [1.165, 1.54) is 4.90 Å². The summed E-state index contributed by atoms with van der Waals surface area (Å²) in [7, 11) is 5.35. The van der Waals surface area contributed by atoms with E-state index < -0.39 is 23.6 Å². The zero-order chi connectivity index (χ0) is 17.9. The van der Waals surface area contributed by atoms with Gasteiger partial charge in [0, 0.05) is 6.51 Å². The Kier molecular flexibility index (Phi) is 5.42. The number of ether oxygens (including phenoxy) is 2. The van der Waals surface area contributed by atoms with Gasteiger partial charge in [-0.3, -0.25) is 9.69 Å². The van der Waals surface area contributed by atoms with Gasteiger partial charge < -0.3 is 15.2 Å². The van der Waals surface area contributed by atoms with Crippen LogP contribution >= 0.6 is 0 Å². The Bertz CT molecular complexity index is 598. The van der Waals surface area contributed by atoms with E-state index in [4.69, 9.17) is 23.1 Å². The second kappa shape index (κ2) is 7.15. The molecule has 1 aromatic rings. The average Bonchev–Trinajstić information content (AvgIpc) is 2.92. The zero-order valence-electron chi connectivity index (χ0n) is 14.3. The van der Waals surface area contributed by atoms with Crippen molar-refractivity contribution in [3.05, 3.63) is 29.8 Å². The summed E-state index contributed by atoms with van der Waals surface area (Å²) in [5.41, 5.74) is 5.72. The molecule has 1 heterocycles. The molecule has 1 saturated heterocycles. The molecule has 2 rings (SSSR count). The Balaban J connectivity index is 2.26. The van der Waals surface area contributed by atoms with Gasteiger partial charge in [-0.2, -0.15) is 0 Å². The van der Waals surface area contributed by atoms with Gasteiger partial charge in [-0.1, -0.05) is 12.1 Å². The third kappa shape index (κ3) is 4.22. The van der Waals surface area contributed by atoms with E-state index in [0.29, 0.717) is 18.6 Å². The van der Waals surface area contributed by atoms with Crippen molar-refractivity contribution in [2.24, 2.45) is 5.73 Å². The molecule has 24 heavy (non-hydrogen) atoms. The van der Waals surface area contributed by atoms with Crippen LogP contribution in [0.1, 0.15) is 45.2 Å². The van der Waals surface area contributed by atoms with Crippen LogP contribution in [0.2, 0.25) is 0 Å². The second-order valence-corrected chi connectivity index (χ2v) is 6.78. The molecule has 2 radical (unpaired) electrons. The standard InChI is InChI=1S/C17H23BN2O4/c1-17(2,3)24-16(22)20-13(8-9-14(20)15(19)21)11-4-6-12(7-5-11)23-10-18/h4-7,13-14H,8-10H2,1-3H3,(H2,19,21)/t13-,14+/m1/s1. The van der Waals surface area contributed by atoms with E-state index in [1.807, 2.05) is 12.1 Å². The number of carbonyl (C=O) groups excluding carboxylic acids is 2. The van der Waals surface area contributed by atoms with Crippen LogP contribution < -0.4 is 10.5 Å². The number of rotatable bonds is 4. The number of hydrogen-bond donors (Lipinski definition) is 1. The highest BCUT2D eigenvalue weighted by molar-refractivity contribution is 6.08. The molecule has 1 aromatic carbocycles. The summed E-state index contributed by atoms with van der Waals surface area (Å²) in [5.74, 6) is 0.126. The Hall–Kier alpha value is -2.18. The van der Waals surface area contributed by atoms with Crippen molar-refractivity contribution in [1.82, 2.24) is 4.90 Å². The summed E-state index contributed by atoms with van der Waals surface area (Å²) >= 11 is 0. The second-order valence-electron chi connectivity index (χ2n) is 6.78. The third-order valence-electron chi connectivity index (χ3n) is 3.83. The molecule has 1 aliphatic rings. The average molecular weight is 330 g/mol. The number of primary amides is 1. The fourth-order valence-electron chi connectivity index (χ4n) is 2.87. The minimum Gasteiger partial charge on any atom is -0.504 e. The highest BCUT2D eigenvalue weighted by Crippen LogP contribution is 2.37. The molecule has 2 amide bonds. The number of hydrogen-bond acceptors (Lipinski definition) is 4. The van der Waals surface area contributed by atoms with Crippen LogP contribution in [0.25, 0.3) is 0 Å². The zero-order valence-corrected chi connectivity index (χ0v) is 14.3. The molecular weight excluding hydrogens is 307 g/mol. The van der Waals surface area contributed by atoms with Gasteiger partial charge in [-0.25, -0.2) is 4.79 Å². The predicted molar refractivity (Wildman–Crippen MR) is 90.7 cm³/mol. The normalized spacial score (nSPS) is 20.7. The lowest BCUT2D eigenvalue weighted by atomic mass is 10.0. The van der Waals surface area contributed by atoms with Crippen LogP contribution in [-0.4, -0.2) is 42.9 Å². The minimum absolute atomic E-state index is 0.0938. The Labute approximate surface area is 143 Å². The molecule has 0 saturated carbocycles. The van der Waals surface area contributed by atoms with Crippen LogP contribution in [0.5, 0.6) is 5.75 Å². The molecule has 7 heteroatoms. The fraction of sp³-hybridized carbons (Fsp3) is 0.529. The molecule has 1 fully saturated rings. The predicted octanol–water partition coefficient (Wildman–Crippen LogP) is 2.12. The summed E-state index contributed by atoms with van der Waals surface area (Å²) in [5, 5.41) is 0. The highest BCUT2D eigenvalue weighted by atomic mass is 16.6. The van der Waals surface area contributed by atoms with Gasteiger partial charge in [0.1, 0.15) is 25.2 Å². The van der Waals surface area contributed by atoms with Crippen molar-refractivity contribution in [3.8, 4) is 5.75 Å².